The molecule has 0 spiro atoms. The summed E-state index contributed by atoms with van der Waals surface area (Å²) in [5, 5.41) is 4.72. The fourth-order valence-electron chi connectivity index (χ4n) is 11.7. The Hall–Kier alpha value is -5.69. The number of benzene rings is 12. The van der Waals surface area contributed by atoms with E-state index in [4.69, 9.17) is 29.1 Å². The Morgan fingerprint density at radius 2 is 0.443 bits per heavy atom. The van der Waals surface area contributed by atoms with Gasteiger partial charge in [-0.25, -0.2) is 0 Å². The van der Waals surface area contributed by atoms with Crippen LogP contribution < -0.4 is 5.73 Å². The minimum atomic E-state index is -0.522. The molecule has 0 saturated carbocycles. The van der Waals surface area contributed by atoms with Gasteiger partial charge in [0.2, 0.25) is 0 Å². The summed E-state index contributed by atoms with van der Waals surface area (Å²) >= 11 is 37.5. The molecule has 2 N–H and O–H groups in total. The third-order valence-electron chi connectivity index (χ3n) is 15.4. The number of hydrogen-bond acceptors (Lipinski definition) is 3. The number of hydrogen-bond donors (Lipinski definition) is 1. The first-order valence-electron chi connectivity index (χ1n) is 27.5. The van der Waals surface area contributed by atoms with Crippen molar-refractivity contribution >= 4 is 140 Å². The second kappa shape index (κ2) is 31.9. The second-order valence-corrected chi connectivity index (χ2v) is 25.8. The SMILES string of the molecule is ClN=Nc1c(Br)cc(C(c2ccccc2)(c2ccccc2)c2ccccc2)cc1Br.Clc1c(Br)cc(C(c2ccccc2)(c2ccccc2)c2ccccc2)cc1Br.Nc1c(Br)cc(C(c2ccccc2)(c2ccccc2)c2ccccc2)cc1Br.[Cl][Cu]. The fraction of sp³-hybridized carbons (Fsp3) is 0.0400. The van der Waals surface area contributed by atoms with Crippen LogP contribution in [0, 0.1) is 0 Å². The molecule has 0 radical (unpaired) electrons. The topological polar surface area (TPSA) is 50.7 Å². The molecule has 0 atom stereocenters. The third kappa shape index (κ3) is 14.1. The van der Waals surface area contributed by atoms with Gasteiger partial charge >= 0.3 is 25.2 Å². The van der Waals surface area contributed by atoms with E-state index in [1.54, 1.807) is 0 Å². The average Bonchev–Trinajstić information content (AvgIpc) is 0.974. The molecule has 12 rings (SSSR count). The van der Waals surface area contributed by atoms with Gasteiger partial charge in [-0.15, -0.1) is 5.11 Å². The zero-order chi connectivity index (χ0) is 62.1. The Morgan fingerprint density at radius 1 is 0.273 bits per heavy atom. The van der Waals surface area contributed by atoms with Crippen LogP contribution in [-0.2, 0) is 31.3 Å². The van der Waals surface area contributed by atoms with E-state index in [-0.39, 0.29) is 0 Å². The van der Waals surface area contributed by atoms with E-state index in [9.17, 15) is 0 Å². The van der Waals surface area contributed by atoms with Gasteiger partial charge < -0.3 is 5.73 Å². The molecular formula is C75H53Br6Cl3CuN3. The molecule has 0 bridgehead atoms. The number of nitrogens with two attached hydrogens (primary N) is 1. The summed E-state index contributed by atoms with van der Waals surface area (Å²) in [5.41, 5.74) is 20.2. The van der Waals surface area contributed by atoms with E-state index >= 15 is 0 Å². The van der Waals surface area contributed by atoms with E-state index in [2.05, 4.69) is 422 Å². The maximum atomic E-state index is 6.44. The van der Waals surface area contributed by atoms with Crippen molar-refractivity contribution in [1.82, 2.24) is 0 Å². The molecule has 0 unspecified atom stereocenters. The second-order valence-electron chi connectivity index (χ2n) is 20.1. The molecule has 442 valence electrons. The molecule has 0 saturated heterocycles. The van der Waals surface area contributed by atoms with Crippen LogP contribution in [-0.4, -0.2) is 0 Å². The van der Waals surface area contributed by atoms with E-state index in [1.165, 1.54) is 50.1 Å². The van der Waals surface area contributed by atoms with Gasteiger partial charge in [0.15, 0.2) is 0 Å². The number of rotatable bonds is 13. The standard InChI is InChI=1S/C25H17Br2ClN2.C25H17Br2Cl.C25H19Br2N.ClH.Cu/c26-22-16-21(17-23(27)24(22)29-30-28)25(18-10-4-1-5-11-18,19-12-6-2-7-13-19)20-14-8-3-9-15-20;2*26-22-16-21(17-23(27)24(22)28)25(18-10-4-1-5-11-18,19-12-6-2-7-13-19)20-14-8-3-9-15-20;;/h1-17H;1-17H;1-17H,28H2;1H;/q;;;;+1/p-1. The molecule has 0 aromatic heterocycles. The van der Waals surface area contributed by atoms with Crippen molar-refractivity contribution in [2.75, 3.05) is 5.73 Å². The van der Waals surface area contributed by atoms with Gasteiger partial charge in [0.1, 0.15) is 5.69 Å². The summed E-state index contributed by atoms with van der Waals surface area (Å²) in [7, 11) is 4.20. The first-order valence-corrected chi connectivity index (χ1v) is 34.2. The molecule has 0 fully saturated rings. The van der Waals surface area contributed by atoms with Gasteiger partial charge in [0.05, 0.1) is 38.7 Å². The van der Waals surface area contributed by atoms with E-state index in [0.717, 1.165) is 43.5 Å². The van der Waals surface area contributed by atoms with Crippen LogP contribution >= 0.6 is 129 Å². The van der Waals surface area contributed by atoms with Crippen molar-refractivity contribution in [1.29, 1.82) is 0 Å². The Kier molecular flexibility index (Phi) is 24.2. The van der Waals surface area contributed by atoms with Gasteiger partial charge in [-0.05, 0) is 199 Å². The minimum absolute atomic E-state index is 0.470. The predicted octanol–water partition coefficient (Wildman–Crippen LogP) is 24.9. The quantitative estimate of drug-likeness (QED) is 0.0404. The summed E-state index contributed by atoms with van der Waals surface area (Å²) in [6.45, 7) is 0. The molecule has 0 amide bonds. The van der Waals surface area contributed by atoms with Crippen LogP contribution in [0.3, 0.4) is 0 Å². The number of nitrogen functional groups attached to an aromatic ring is 1. The normalized spacial score (nSPS) is 11.3. The van der Waals surface area contributed by atoms with Gasteiger partial charge in [0.25, 0.3) is 0 Å². The summed E-state index contributed by atoms with van der Waals surface area (Å²) in [5.74, 6) is 0. The first kappa shape index (κ1) is 66.7. The molecule has 3 nitrogen and oxygen atoms in total. The van der Waals surface area contributed by atoms with Gasteiger partial charge in [-0.1, -0.05) is 289 Å². The van der Waals surface area contributed by atoms with Crippen LogP contribution in [0.5, 0.6) is 0 Å². The van der Waals surface area contributed by atoms with Crippen molar-refractivity contribution < 1.29 is 15.1 Å². The fourth-order valence-corrected chi connectivity index (χ4v) is 15.6. The Morgan fingerprint density at radius 3 is 0.625 bits per heavy atom. The average molecular weight is 1650 g/mol. The van der Waals surface area contributed by atoms with Gasteiger partial charge in [-0.2, -0.15) is 0 Å². The van der Waals surface area contributed by atoms with Crippen molar-refractivity contribution in [3.63, 3.8) is 0 Å². The first-order chi connectivity index (χ1) is 42.9. The van der Waals surface area contributed by atoms with Crippen LogP contribution in [0.15, 0.2) is 346 Å². The van der Waals surface area contributed by atoms with Crippen LogP contribution in [0.25, 0.3) is 0 Å². The maximum absolute atomic E-state index is 6.44. The van der Waals surface area contributed by atoms with Crippen molar-refractivity contribution in [2.45, 2.75) is 16.2 Å². The monoisotopic (exact) mass is 1640 g/mol. The summed E-state index contributed by atoms with van der Waals surface area (Å²) in [4.78, 5) is 0. The van der Waals surface area contributed by atoms with Crippen LogP contribution in [0.4, 0.5) is 11.4 Å². The van der Waals surface area contributed by atoms with E-state index < -0.39 is 16.2 Å². The van der Waals surface area contributed by atoms with Gasteiger partial charge in [-0.3, -0.25) is 0 Å². The number of anilines is 1. The zero-order valence-corrected chi connectivity index (χ0v) is 59.3. The summed E-state index contributed by atoms with van der Waals surface area (Å²) in [6.07, 6.45) is 0. The Bertz CT molecular complexity index is 3670. The predicted molar refractivity (Wildman–Crippen MR) is 386 cm³/mol. The summed E-state index contributed by atoms with van der Waals surface area (Å²) in [6, 6.07) is 108. The van der Waals surface area contributed by atoms with Crippen molar-refractivity contribution in [2.24, 2.45) is 9.75 Å². The third-order valence-corrected chi connectivity index (χ3v) is 20.1. The molecule has 12 aromatic rings. The molecular weight excluding hydrogens is 1590 g/mol. The molecule has 12 aromatic carbocycles. The molecule has 0 aliphatic rings. The van der Waals surface area contributed by atoms with Crippen molar-refractivity contribution in [3.05, 3.63) is 408 Å². The zero-order valence-electron chi connectivity index (χ0n) is 46.6. The summed E-state index contributed by atoms with van der Waals surface area (Å²) < 4.78 is 8.54. The molecule has 13 heteroatoms. The Balaban J connectivity index is 0.000000155. The van der Waals surface area contributed by atoms with Crippen molar-refractivity contribution in [3.8, 4) is 0 Å². The molecule has 0 aliphatic carbocycles. The number of nitrogens with zero attached hydrogens (tertiary/aromatic N) is 2. The number of halogens is 9. The van der Waals surface area contributed by atoms with E-state index in [0.29, 0.717) is 16.4 Å². The molecule has 0 aliphatic heterocycles. The molecule has 0 heterocycles. The Labute approximate surface area is 588 Å². The van der Waals surface area contributed by atoms with Crippen LogP contribution in [0.1, 0.15) is 66.8 Å². The van der Waals surface area contributed by atoms with Gasteiger partial charge in [0, 0.05) is 26.8 Å². The van der Waals surface area contributed by atoms with E-state index in [1.807, 2.05) is 18.2 Å². The molecule has 88 heavy (non-hydrogen) atoms. The van der Waals surface area contributed by atoms with Crippen LogP contribution in [0.2, 0.25) is 5.02 Å².